The fourth-order valence-corrected chi connectivity index (χ4v) is 1.66. The smallest absolute Gasteiger partial charge is 0.126 e. The van der Waals surface area contributed by atoms with Gasteiger partial charge in [0.25, 0.3) is 0 Å². The Balaban J connectivity index is 2.00. The summed E-state index contributed by atoms with van der Waals surface area (Å²) in [4.78, 5) is 4.43. The molecule has 1 aromatic heterocycles. The average molecular weight is 205 g/mol. The minimum absolute atomic E-state index is 0.765. The Kier molecular flexibility index (Phi) is 3.21. The molecule has 3 heteroatoms. The van der Waals surface area contributed by atoms with Crippen molar-refractivity contribution in [1.82, 2.24) is 10.3 Å². The van der Waals surface area contributed by atoms with Crippen molar-refractivity contribution in [2.24, 2.45) is 0 Å². The van der Waals surface area contributed by atoms with E-state index in [1.807, 2.05) is 6.92 Å². The van der Waals surface area contributed by atoms with E-state index in [0.717, 1.165) is 30.6 Å². The number of anilines is 1. The number of nitrogens with zero attached hydrogens (tertiary/aromatic N) is 1. The average Bonchev–Trinajstić information content (AvgIpc) is 2.98. The van der Waals surface area contributed by atoms with Gasteiger partial charge >= 0.3 is 0 Å². The number of nitrogens with one attached hydrogen (secondary N) is 2. The number of aryl methyl sites for hydroxylation is 1. The summed E-state index contributed by atoms with van der Waals surface area (Å²) in [5.74, 6) is 0.991. The van der Waals surface area contributed by atoms with Crippen molar-refractivity contribution in [3.05, 3.63) is 23.4 Å². The van der Waals surface area contributed by atoms with Crippen LogP contribution < -0.4 is 10.6 Å². The summed E-state index contributed by atoms with van der Waals surface area (Å²) >= 11 is 0. The van der Waals surface area contributed by atoms with E-state index in [9.17, 15) is 0 Å². The maximum Gasteiger partial charge on any atom is 0.126 e. The molecule has 0 atom stereocenters. The molecule has 15 heavy (non-hydrogen) atoms. The zero-order chi connectivity index (χ0) is 10.7. The zero-order valence-electron chi connectivity index (χ0n) is 9.51. The Morgan fingerprint density at radius 1 is 1.40 bits per heavy atom. The lowest BCUT2D eigenvalue weighted by Crippen LogP contribution is -2.15. The molecule has 1 aliphatic rings. The molecule has 2 N–H and O–H groups in total. The van der Waals surface area contributed by atoms with E-state index in [2.05, 4.69) is 34.7 Å². The van der Waals surface area contributed by atoms with E-state index in [4.69, 9.17) is 0 Å². The molecule has 1 saturated carbocycles. The van der Waals surface area contributed by atoms with E-state index < -0.39 is 0 Å². The molecular weight excluding hydrogens is 186 g/mol. The molecule has 0 radical (unpaired) electrons. The van der Waals surface area contributed by atoms with Gasteiger partial charge in [-0.2, -0.15) is 0 Å². The largest absolute Gasteiger partial charge is 0.370 e. The molecule has 0 bridgehead atoms. The summed E-state index contributed by atoms with van der Waals surface area (Å²) in [5.41, 5.74) is 2.41. The van der Waals surface area contributed by atoms with Crippen LogP contribution in [0.5, 0.6) is 0 Å². The number of pyridine rings is 1. The number of hydrogen-bond acceptors (Lipinski definition) is 3. The molecule has 0 unspecified atom stereocenters. The Morgan fingerprint density at radius 2 is 2.20 bits per heavy atom. The second-order valence-corrected chi connectivity index (χ2v) is 4.19. The molecule has 1 aliphatic carbocycles. The molecule has 1 aromatic rings. The van der Waals surface area contributed by atoms with Gasteiger partial charge in [0.2, 0.25) is 0 Å². The Labute approximate surface area is 91.3 Å². The van der Waals surface area contributed by atoms with Crippen molar-refractivity contribution in [2.45, 2.75) is 39.3 Å². The van der Waals surface area contributed by atoms with Gasteiger partial charge in [-0.3, -0.25) is 0 Å². The highest BCUT2D eigenvalue weighted by atomic mass is 15.0. The highest BCUT2D eigenvalue weighted by Crippen LogP contribution is 2.19. The molecular formula is C12H19N3. The number of hydrogen-bond donors (Lipinski definition) is 2. The molecule has 0 aliphatic heterocycles. The van der Waals surface area contributed by atoms with Gasteiger partial charge < -0.3 is 10.6 Å². The SMILES string of the molecule is CCNc1cc(CNC2CC2)cc(C)n1. The van der Waals surface area contributed by atoms with Crippen molar-refractivity contribution in [3.8, 4) is 0 Å². The molecule has 0 aromatic carbocycles. The molecule has 82 valence electrons. The van der Waals surface area contributed by atoms with Gasteiger partial charge in [0.15, 0.2) is 0 Å². The summed E-state index contributed by atoms with van der Waals surface area (Å²) in [6, 6.07) is 5.04. The summed E-state index contributed by atoms with van der Waals surface area (Å²) in [6.45, 7) is 6.02. The van der Waals surface area contributed by atoms with Crippen molar-refractivity contribution in [1.29, 1.82) is 0 Å². The summed E-state index contributed by atoms with van der Waals surface area (Å²) < 4.78 is 0. The van der Waals surface area contributed by atoms with E-state index >= 15 is 0 Å². The van der Waals surface area contributed by atoms with Crippen LogP contribution in [0, 0.1) is 6.92 Å². The predicted molar refractivity (Wildman–Crippen MR) is 63.0 cm³/mol. The molecule has 0 saturated heterocycles. The van der Waals surface area contributed by atoms with E-state index in [-0.39, 0.29) is 0 Å². The molecule has 1 fully saturated rings. The van der Waals surface area contributed by atoms with E-state index in [1.54, 1.807) is 0 Å². The van der Waals surface area contributed by atoms with Crippen LogP contribution in [0.2, 0.25) is 0 Å². The van der Waals surface area contributed by atoms with Gasteiger partial charge in [-0.15, -0.1) is 0 Å². The van der Waals surface area contributed by atoms with E-state index in [1.165, 1.54) is 18.4 Å². The van der Waals surface area contributed by atoms with Crippen LogP contribution in [0.3, 0.4) is 0 Å². The molecule has 2 rings (SSSR count). The van der Waals surface area contributed by atoms with Crippen LogP contribution in [-0.4, -0.2) is 17.6 Å². The third kappa shape index (κ3) is 3.20. The van der Waals surface area contributed by atoms with Crippen molar-refractivity contribution in [2.75, 3.05) is 11.9 Å². The highest BCUT2D eigenvalue weighted by Gasteiger charge is 2.19. The van der Waals surface area contributed by atoms with Gasteiger partial charge in [0.05, 0.1) is 0 Å². The molecule has 3 nitrogen and oxygen atoms in total. The lowest BCUT2D eigenvalue weighted by atomic mass is 10.2. The first kappa shape index (κ1) is 10.4. The Hall–Kier alpha value is -1.09. The maximum atomic E-state index is 4.43. The van der Waals surface area contributed by atoms with Crippen molar-refractivity contribution in [3.63, 3.8) is 0 Å². The summed E-state index contributed by atoms with van der Waals surface area (Å²) in [6.07, 6.45) is 2.67. The highest BCUT2D eigenvalue weighted by molar-refractivity contribution is 5.39. The quantitative estimate of drug-likeness (QED) is 0.772. The molecule has 0 amide bonds. The maximum absolute atomic E-state index is 4.43. The standard InChI is InChI=1S/C12H19N3/c1-3-13-12-7-10(6-9(2)15-12)8-14-11-4-5-11/h6-7,11,14H,3-5,8H2,1-2H3,(H,13,15). The van der Waals surface area contributed by atoms with Gasteiger partial charge in [0.1, 0.15) is 5.82 Å². The normalized spacial score (nSPS) is 15.3. The first-order chi connectivity index (χ1) is 7.28. The number of aromatic nitrogens is 1. The van der Waals surface area contributed by atoms with Gasteiger partial charge in [-0.1, -0.05) is 0 Å². The summed E-state index contributed by atoms with van der Waals surface area (Å²) in [7, 11) is 0. The fraction of sp³-hybridized carbons (Fsp3) is 0.583. The van der Waals surface area contributed by atoms with Crippen LogP contribution in [0.25, 0.3) is 0 Å². The summed E-state index contributed by atoms with van der Waals surface area (Å²) in [5, 5.41) is 6.77. The zero-order valence-corrected chi connectivity index (χ0v) is 9.51. The Morgan fingerprint density at radius 3 is 2.87 bits per heavy atom. The van der Waals surface area contributed by atoms with Crippen LogP contribution >= 0.6 is 0 Å². The lowest BCUT2D eigenvalue weighted by molar-refractivity contribution is 0.686. The van der Waals surface area contributed by atoms with Gasteiger partial charge in [-0.25, -0.2) is 4.98 Å². The van der Waals surface area contributed by atoms with Crippen molar-refractivity contribution >= 4 is 5.82 Å². The third-order valence-electron chi connectivity index (χ3n) is 2.54. The predicted octanol–water partition coefficient (Wildman–Crippen LogP) is 2.07. The molecule has 0 spiro atoms. The second kappa shape index (κ2) is 4.62. The van der Waals surface area contributed by atoms with Crippen LogP contribution in [0.15, 0.2) is 12.1 Å². The van der Waals surface area contributed by atoms with Crippen LogP contribution in [0.4, 0.5) is 5.82 Å². The van der Waals surface area contributed by atoms with Crippen LogP contribution in [-0.2, 0) is 6.54 Å². The van der Waals surface area contributed by atoms with Gasteiger partial charge in [-0.05, 0) is 44.4 Å². The minimum Gasteiger partial charge on any atom is -0.370 e. The van der Waals surface area contributed by atoms with E-state index in [0.29, 0.717) is 0 Å². The number of rotatable bonds is 5. The van der Waals surface area contributed by atoms with Gasteiger partial charge in [0, 0.05) is 24.8 Å². The molecule has 1 heterocycles. The third-order valence-corrected chi connectivity index (χ3v) is 2.54. The van der Waals surface area contributed by atoms with Crippen molar-refractivity contribution < 1.29 is 0 Å². The Bertz CT molecular complexity index is 332. The lowest BCUT2D eigenvalue weighted by Gasteiger charge is -2.08. The minimum atomic E-state index is 0.765. The second-order valence-electron chi connectivity index (χ2n) is 4.19. The monoisotopic (exact) mass is 205 g/mol. The topological polar surface area (TPSA) is 37.0 Å². The first-order valence-corrected chi connectivity index (χ1v) is 5.72. The first-order valence-electron chi connectivity index (χ1n) is 5.72. The van der Waals surface area contributed by atoms with Crippen LogP contribution in [0.1, 0.15) is 31.0 Å². The fourth-order valence-electron chi connectivity index (χ4n) is 1.66.